The Morgan fingerprint density at radius 2 is 2.18 bits per heavy atom. The molecule has 5 nitrogen and oxygen atoms in total. The van der Waals surface area contributed by atoms with Crippen LogP contribution in [0, 0.1) is 5.92 Å². The van der Waals surface area contributed by atoms with Crippen LogP contribution in [0.15, 0.2) is 34.4 Å². The van der Waals surface area contributed by atoms with Gasteiger partial charge < -0.3 is 0 Å². The zero-order valence-electron chi connectivity index (χ0n) is 12.9. The average Bonchev–Trinajstić information content (AvgIpc) is 3.05. The molecule has 3 rings (SSSR count). The zero-order valence-corrected chi connectivity index (χ0v) is 13.7. The van der Waals surface area contributed by atoms with Gasteiger partial charge in [0.05, 0.1) is 15.9 Å². The van der Waals surface area contributed by atoms with Gasteiger partial charge in [0, 0.05) is 12.3 Å². The third-order valence-corrected chi connectivity index (χ3v) is 4.61. The summed E-state index contributed by atoms with van der Waals surface area (Å²) in [6.07, 6.45) is 0.968. The number of anilines is 1. The van der Waals surface area contributed by atoms with Crippen LogP contribution >= 0.6 is 11.3 Å². The predicted octanol–water partition coefficient (Wildman–Crippen LogP) is 3.51. The van der Waals surface area contributed by atoms with Crippen LogP contribution in [0.3, 0.4) is 0 Å². The Balaban J connectivity index is 1.92. The lowest BCUT2D eigenvalue weighted by Gasteiger charge is -2.11. The number of benzene rings is 1. The van der Waals surface area contributed by atoms with Gasteiger partial charge in [-0.25, -0.2) is 4.98 Å². The minimum Gasteiger partial charge on any atom is -0.293 e. The molecule has 1 aliphatic heterocycles. The molecule has 1 aromatic carbocycles. The molecule has 0 radical (unpaired) electrons. The third-order valence-electron chi connectivity index (χ3n) is 3.60. The molecule has 0 bridgehead atoms. The Morgan fingerprint density at radius 3 is 2.91 bits per heavy atom. The second-order valence-electron chi connectivity index (χ2n) is 5.31. The second kappa shape index (κ2) is 5.96. The summed E-state index contributed by atoms with van der Waals surface area (Å²) in [5.41, 5.74) is 2.50. The van der Waals surface area contributed by atoms with E-state index in [9.17, 15) is 4.79 Å². The van der Waals surface area contributed by atoms with E-state index >= 15 is 0 Å². The molecule has 0 N–H and O–H groups in total. The first-order valence-corrected chi connectivity index (χ1v) is 8.19. The number of para-hydroxylation sites is 1. The van der Waals surface area contributed by atoms with Crippen LogP contribution in [0.4, 0.5) is 5.13 Å². The first-order valence-electron chi connectivity index (χ1n) is 7.37. The van der Waals surface area contributed by atoms with Gasteiger partial charge in [-0.15, -0.1) is 0 Å². The molecule has 1 unspecified atom stereocenters. The Bertz CT molecular complexity index is 744. The summed E-state index contributed by atoms with van der Waals surface area (Å²) in [5, 5.41) is 6.46. The number of fused-ring (bicyclic) bond motifs is 1. The third kappa shape index (κ3) is 2.54. The lowest BCUT2D eigenvalue weighted by Crippen LogP contribution is -2.31. The summed E-state index contributed by atoms with van der Waals surface area (Å²) < 4.78 is 1.05. The Morgan fingerprint density at radius 1 is 1.41 bits per heavy atom. The van der Waals surface area contributed by atoms with Crippen molar-refractivity contribution in [2.75, 3.05) is 11.6 Å². The number of carbonyl (C=O) groups excluding carboxylic acids is 1. The number of amides is 1. The van der Waals surface area contributed by atoms with Crippen molar-refractivity contribution in [3.05, 3.63) is 24.3 Å². The van der Waals surface area contributed by atoms with Gasteiger partial charge in [0.1, 0.15) is 5.92 Å². The quantitative estimate of drug-likeness (QED) is 0.811. The monoisotopic (exact) mass is 314 g/mol. The Labute approximate surface area is 133 Å². The summed E-state index contributed by atoms with van der Waals surface area (Å²) >= 11 is 1.48. The van der Waals surface area contributed by atoms with E-state index in [1.54, 1.807) is 0 Å². The maximum atomic E-state index is 12.7. The van der Waals surface area contributed by atoms with Crippen molar-refractivity contribution >= 4 is 44.0 Å². The summed E-state index contributed by atoms with van der Waals surface area (Å²) in [6.45, 7) is 6.59. The fraction of sp³-hybridized carbons (Fsp3) is 0.375. The standard InChI is InChI=1S/C16H18N4OS/c1-4-9-17-10(2)14-11(3)19-20(15(14)21)16-18-12-7-5-6-8-13(12)22-16/h5-8,14H,4,9H2,1-3H3. The number of thiazole rings is 1. The number of hydrazone groups is 1. The van der Waals surface area contributed by atoms with E-state index in [0.717, 1.165) is 34.6 Å². The Hall–Kier alpha value is -2.08. The fourth-order valence-corrected chi connectivity index (χ4v) is 3.44. The number of aromatic nitrogens is 1. The molecule has 6 heteroatoms. The smallest absolute Gasteiger partial charge is 0.264 e. The van der Waals surface area contributed by atoms with Crippen molar-refractivity contribution in [1.82, 2.24) is 4.98 Å². The van der Waals surface area contributed by atoms with E-state index in [-0.39, 0.29) is 11.8 Å². The van der Waals surface area contributed by atoms with Gasteiger partial charge in [0.2, 0.25) is 5.13 Å². The van der Waals surface area contributed by atoms with Crippen molar-refractivity contribution in [2.45, 2.75) is 27.2 Å². The van der Waals surface area contributed by atoms with Gasteiger partial charge >= 0.3 is 0 Å². The second-order valence-corrected chi connectivity index (χ2v) is 6.32. The van der Waals surface area contributed by atoms with E-state index in [1.807, 2.05) is 38.1 Å². The van der Waals surface area contributed by atoms with Crippen LogP contribution in [-0.4, -0.2) is 28.9 Å². The molecule has 22 heavy (non-hydrogen) atoms. The minimum absolute atomic E-state index is 0.0612. The Kier molecular flexibility index (Phi) is 4.02. The van der Waals surface area contributed by atoms with Crippen LogP contribution in [0.2, 0.25) is 0 Å². The lowest BCUT2D eigenvalue weighted by molar-refractivity contribution is -0.118. The van der Waals surface area contributed by atoms with Crippen molar-refractivity contribution in [3.63, 3.8) is 0 Å². The molecule has 0 spiro atoms. The summed E-state index contributed by atoms with van der Waals surface area (Å²) in [6, 6.07) is 7.85. The van der Waals surface area contributed by atoms with Gasteiger partial charge in [0.25, 0.3) is 5.91 Å². The first kappa shape index (κ1) is 14.8. The topological polar surface area (TPSA) is 57.9 Å². The minimum atomic E-state index is -0.349. The fourth-order valence-electron chi connectivity index (χ4n) is 2.51. The molecule has 1 atom stereocenters. The highest BCUT2D eigenvalue weighted by Crippen LogP contribution is 2.32. The number of hydrogen-bond acceptors (Lipinski definition) is 5. The van der Waals surface area contributed by atoms with Crippen LogP contribution in [0.5, 0.6) is 0 Å². The molecule has 1 amide bonds. The first-order chi connectivity index (χ1) is 10.6. The summed E-state index contributed by atoms with van der Waals surface area (Å²) in [7, 11) is 0. The van der Waals surface area contributed by atoms with Gasteiger partial charge in [-0.1, -0.05) is 30.4 Å². The summed E-state index contributed by atoms with van der Waals surface area (Å²) in [5.74, 6) is -0.410. The number of hydrogen-bond donors (Lipinski definition) is 0. The van der Waals surface area contributed by atoms with Gasteiger partial charge in [-0.3, -0.25) is 9.79 Å². The summed E-state index contributed by atoms with van der Waals surface area (Å²) in [4.78, 5) is 21.7. The maximum absolute atomic E-state index is 12.7. The molecule has 114 valence electrons. The van der Waals surface area contributed by atoms with Crippen molar-refractivity contribution < 1.29 is 4.79 Å². The van der Waals surface area contributed by atoms with Crippen LogP contribution in [0.1, 0.15) is 27.2 Å². The molecule has 1 aromatic heterocycles. The van der Waals surface area contributed by atoms with Gasteiger partial charge in [-0.2, -0.15) is 10.1 Å². The van der Waals surface area contributed by atoms with Crippen LogP contribution < -0.4 is 5.01 Å². The molecule has 0 saturated heterocycles. The molecular formula is C16H18N4OS. The largest absolute Gasteiger partial charge is 0.293 e. The highest BCUT2D eigenvalue weighted by Gasteiger charge is 2.37. The highest BCUT2D eigenvalue weighted by molar-refractivity contribution is 7.22. The van der Waals surface area contributed by atoms with E-state index in [4.69, 9.17) is 0 Å². The van der Waals surface area contributed by atoms with Crippen LogP contribution in [-0.2, 0) is 4.79 Å². The van der Waals surface area contributed by atoms with E-state index in [0.29, 0.717) is 5.13 Å². The van der Waals surface area contributed by atoms with Crippen molar-refractivity contribution in [2.24, 2.45) is 16.0 Å². The number of carbonyl (C=O) groups is 1. The number of rotatable bonds is 4. The van der Waals surface area contributed by atoms with Gasteiger partial charge in [0.15, 0.2) is 0 Å². The zero-order chi connectivity index (χ0) is 15.7. The van der Waals surface area contributed by atoms with Crippen molar-refractivity contribution in [3.8, 4) is 0 Å². The van der Waals surface area contributed by atoms with Crippen molar-refractivity contribution in [1.29, 1.82) is 0 Å². The number of aliphatic imine (C=N–C) groups is 1. The predicted molar refractivity (Wildman–Crippen MR) is 92.0 cm³/mol. The van der Waals surface area contributed by atoms with E-state index < -0.39 is 0 Å². The molecular weight excluding hydrogens is 296 g/mol. The van der Waals surface area contributed by atoms with Crippen LogP contribution in [0.25, 0.3) is 10.2 Å². The van der Waals surface area contributed by atoms with E-state index in [1.165, 1.54) is 16.3 Å². The molecule has 2 heterocycles. The molecule has 2 aromatic rings. The molecule has 0 saturated carbocycles. The van der Waals surface area contributed by atoms with Gasteiger partial charge in [-0.05, 0) is 32.4 Å². The number of nitrogens with zero attached hydrogens (tertiary/aromatic N) is 4. The highest BCUT2D eigenvalue weighted by atomic mass is 32.1. The molecule has 0 aliphatic carbocycles. The molecule has 0 fully saturated rings. The van der Waals surface area contributed by atoms with E-state index in [2.05, 4.69) is 22.0 Å². The lowest BCUT2D eigenvalue weighted by atomic mass is 9.99. The SMILES string of the molecule is CCCN=C(C)C1C(=O)N(c2nc3ccccc3s2)N=C1C. The average molecular weight is 314 g/mol. The maximum Gasteiger partial charge on any atom is 0.264 e. The normalized spacial score (nSPS) is 19.1. The molecule has 1 aliphatic rings.